The van der Waals surface area contributed by atoms with Crippen molar-refractivity contribution in [1.29, 1.82) is 0 Å². The lowest BCUT2D eigenvalue weighted by atomic mass is 9.83. The molecule has 2 N–H and O–H groups in total. The number of Topliss-reactive ketones (excluding diaryl/α,β-unsaturated/α-hetero) is 1. The Balaban J connectivity index is 4.89. The third kappa shape index (κ3) is 2.85. The van der Waals surface area contributed by atoms with Crippen LogP contribution in [0.1, 0.15) is 20.8 Å². The number of ketones is 1. The van der Waals surface area contributed by atoms with Crippen LogP contribution in [0.4, 0.5) is 0 Å². The molecule has 0 unspecified atom stereocenters. The van der Waals surface area contributed by atoms with Crippen LogP contribution in [-0.2, 0) is 14.4 Å². The summed E-state index contributed by atoms with van der Waals surface area (Å²) in [7, 11) is 0. The molecule has 0 radical (unpaired) electrons. The first kappa shape index (κ1) is 11.6. The molecule has 0 atom stereocenters. The fraction of sp³-hybridized carbons (Fsp3) is 0.625. The Hall–Kier alpha value is -1.39. The number of carbonyl (C=O) groups is 3. The standard InChI is InChI=1S/C8H12O5/c1-8(2,3)5(9)4(6(10)11)7(12)13/h4H,1-3H3,(H,10,11)(H,12,13). The molecule has 0 saturated heterocycles. The molecule has 0 aromatic rings. The summed E-state index contributed by atoms with van der Waals surface area (Å²) in [5, 5.41) is 17.0. The largest absolute Gasteiger partial charge is 0.480 e. The first-order chi connectivity index (χ1) is 5.68. The van der Waals surface area contributed by atoms with E-state index in [0.29, 0.717) is 0 Å². The van der Waals surface area contributed by atoms with Crippen molar-refractivity contribution in [3.63, 3.8) is 0 Å². The minimum atomic E-state index is -1.96. The SMILES string of the molecule is CC(C)(C)C(=O)C(C(=O)O)C(=O)O. The van der Waals surface area contributed by atoms with Gasteiger partial charge in [0.1, 0.15) is 0 Å². The van der Waals surface area contributed by atoms with Crippen molar-refractivity contribution in [2.75, 3.05) is 0 Å². The maximum atomic E-state index is 11.3. The van der Waals surface area contributed by atoms with Gasteiger partial charge in [0.2, 0.25) is 5.92 Å². The van der Waals surface area contributed by atoms with Crippen molar-refractivity contribution < 1.29 is 24.6 Å². The molecule has 0 aromatic heterocycles. The molecule has 0 aromatic carbocycles. The summed E-state index contributed by atoms with van der Waals surface area (Å²) < 4.78 is 0. The van der Waals surface area contributed by atoms with E-state index in [1.54, 1.807) is 0 Å². The van der Waals surface area contributed by atoms with E-state index >= 15 is 0 Å². The highest BCUT2D eigenvalue weighted by molar-refractivity contribution is 6.15. The van der Waals surface area contributed by atoms with E-state index in [9.17, 15) is 14.4 Å². The van der Waals surface area contributed by atoms with Crippen molar-refractivity contribution in [3.05, 3.63) is 0 Å². The van der Waals surface area contributed by atoms with Crippen LogP contribution in [-0.4, -0.2) is 27.9 Å². The van der Waals surface area contributed by atoms with Crippen LogP contribution in [0.3, 0.4) is 0 Å². The molecule has 0 aliphatic heterocycles. The molecule has 5 heteroatoms. The summed E-state index contributed by atoms with van der Waals surface area (Å²) in [6.07, 6.45) is 0. The molecule has 0 saturated carbocycles. The maximum Gasteiger partial charge on any atom is 0.325 e. The molecule has 74 valence electrons. The number of carboxylic acid groups (broad SMARTS) is 2. The normalized spacial score (nSPS) is 11.4. The lowest BCUT2D eigenvalue weighted by molar-refractivity contribution is -0.159. The van der Waals surface area contributed by atoms with Crippen molar-refractivity contribution in [1.82, 2.24) is 0 Å². The molecule has 0 bridgehead atoms. The van der Waals surface area contributed by atoms with Gasteiger partial charge in [-0.1, -0.05) is 20.8 Å². The zero-order valence-electron chi connectivity index (χ0n) is 7.70. The molecule has 0 amide bonds. The second-order valence-corrected chi connectivity index (χ2v) is 3.72. The minimum absolute atomic E-state index is 0.799. The lowest BCUT2D eigenvalue weighted by Gasteiger charge is -2.18. The third-order valence-corrected chi connectivity index (χ3v) is 1.50. The van der Waals surface area contributed by atoms with Gasteiger partial charge in [-0.3, -0.25) is 14.4 Å². The highest BCUT2D eigenvalue weighted by Crippen LogP contribution is 2.20. The number of carbonyl (C=O) groups excluding carboxylic acids is 1. The van der Waals surface area contributed by atoms with Crippen LogP contribution in [0, 0.1) is 11.3 Å². The van der Waals surface area contributed by atoms with Gasteiger partial charge in [0, 0.05) is 5.41 Å². The number of rotatable bonds is 3. The number of carboxylic acids is 2. The van der Waals surface area contributed by atoms with Crippen molar-refractivity contribution in [2.24, 2.45) is 11.3 Å². The molecular formula is C8H12O5. The lowest BCUT2D eigenvalue weighted by Crippen LogP contribution is -2.38. The first-order valence-electron chi connectivity index (χ1n) is 3.68. The van der Waals surface area contributed by atoms with Gasteiger partial charge in [0.05, 0.1) is 0 Å². The summed E-state index contributed by atoms with van der Waals surface area (Å²) in [4.78, 5) is 32.1. The van der Waals surface area contributed by atoms with Gasteiger partial charge < -0.3 is 10.2 Å². The molecule has 0 spiro atoms. The molecule has 0 heterocycles. The summed E-state index contributed by atoms with van der Waals surface area (Å²) >= 11 is 0. The highest BCUT2D eigenvalue weighted by atomic mass is 16.4. The maximum absolute atomic E-state index is 11.3. The molecule has 0 fully saturated rings. The van der Waals surface area contributed by atoms with Crippen LogP contribution in [0.5, 0.6) is 0 Å². The fourth-order valence-corrected chi connectivity index (χ4v) is 0.763. The van der Waals surface area contributed by atoms with E-state index in [-0.39, 0.29) is 0 Å². The van der Waals surface area contributed by atoms with E-state index in [0.717, 1.165) is 0 Å². The zero-order valence-corrected chi connectivity index (χ0v) is 7.70. The summed E-state index contributed by atoms with van der Waals surface area (Å²) in [5.74, 6) is -5.99. The zero-order chi connectivity index (χ0) is 10.8. The Kier molecular flexibility index (Phi) is 3.17. The number of aliphatic carboxylic acids is 2. The Morgan fingerprint density at radius 3 is 1.38 bits per heavy atom. The van der Waals surface area contributed by atoms with Crippen LogP contribution >= 0.6 is 0 Å². The van der Waals surface area contributed by atoms with Gasteiger partial charge >= 0.3 is 11.9 Å². The third-order valence-electron chi connectivity index (χ3n) is 1.50. The monoisotopic (exact) mass is 188 g/mol. The van der Waals surface area contributed by atoms with E-state index in [4.69, 9.17) is 10.2 Å². The average Bonchev–Trinajstić information content (AvgIpc) is 1.82. The van der Waals surface area contributed by atoms with E-state index in [1.165, 1.54) is 20.8 Å². The second kappa shape index (κ2) is 3.55. The average molecular weight is 188 g/mol. The Morgan fingerprint density at radius 2 is 1.31 bits per heavy atom. The van der Waals surface area contributed by atoms with E-state index < -0.39 is 29.1 Å². The second-order valence-electron chi connectivity index (χ2n) is 3.72. The van der Waals surface area contributed by atoms with Crippen molar-refractivity contribution in [3.8, 4) is 0 Å². The molecular weight excluding hydrogens is 176 g/mol. The summed E-state index contributed by atoms with van der Waals surface area (Å²) in [6, 6.07) is 0. The quantitative estimate of drug-likeness (QED) is 0.625. The Labute approximate surface area is 75.4 Å². The van der Waals surface area contributed by atoms with Gasteiger partial charge in [-0.15, -0.1) is 0 Å². The number of hydrogen-bond acceptors (Lipinski definition) is 3. The number of hydrogen-bond donors (Lipinski definition) is 2. The van der Waals surface area contributed by atoms with Gasteiger partial charge in [-0.25, -0.2) is 0 Å². The van der Waals surface area contributed by atoms with Crippen LogP contribution in [0.2, 0.25) is 0 Å². The van der Waals surface area contributed by atoms with Crippen molar-refractivity contribution in [2.45, 2.75) is 20.8 Å². The fourth-order valence-electron chi connectivity index (χ4n) is 0.763. The molecule has 13 heavy (non-hydrogen) atoms. The summed E-state index contributed by atoms with van der Waals surface area (Å²) in [6.45, 7) is 4.44. The van der Waals surface area contributed by atoms with E-state index in [2.05, 4.69) is 0 Å². The Morgan fingerprint density at radius 1 is 1.00 bits per heavy atom. The molecule has 0 aliphatic rings. The van der Waals surface area contributed by atoms with Gasteiger partial charge in [-0.05, 0) is 0 Å². The van der Waals surface area contributed by atoms with Crippen molar-refractivity contribution >= 4 is 17.7 Å². The van der Waals surface area contributed by atoms with Crippen LogP contribution in [0.15, 0.2) is 0 Å². The van der Waals surface area contributed by atoms with Gasteiger partial charge in [0.15, 0.2) is 5.78 Å². The van der Waals surface area contributed by atoms with Gasteiger partial charge in [-0.2, -0.15) is 0 Å². The first-order valence-corrected chi connectivity index (χ1v) is 3.68. The highest BCUT2D eigenvalue weighted by Gasteiger charge is 2.39. The van der Waals surface area contributed by atoms with Crippen LogP contribution in [0.25, 0.3) is 0 Å². The van der Waals surface area contributed by atoms with Gasteiger partial charge in [0.25, 0.3) is 0 Å². The molecule has 0 aliphatic carbocycles. The predicted octanol–water partition coefficient (Wildman–Crippen LogP) is 0.387. The molecule has 0 rings (SSSR count). The topological polar surface area (TPSA) is 91.7 Å². The molecule has 5 nitrogen and oxygen atoms in total. The van der Waals surface area contributed by atoms with Crippen LogP contribution < -0.4 is 0 Å². The Bertz CT molecular complexity index is 234. The minimum Gasteiger partial charge on any atom is -0.480 e. The predicted molar refractivity (Wildman–Crippen MR) is 43.2 cm³/mol. The summed E-state index contributed by atoms with van der Waals surface area (Å²) in [5.41, 5.74) is -0.957. The van der Waals surface area contributed by atoms with E-state index in [1.807, 2.05) is 0 Å². The smallest absolute Gasteiger partial charge is 0.325 e.